The molecule has 1 saturated heterocycles. The van der Waals surface area contributed by atoms with Gasteiger partial charge in [-0.1, -0.05) is 18.2 Å². The minimum Gasteiger partial charge on any atom is -0.352 e. The summed E-state index contributed by atoms with van der Waals surface area (Å²) >= 11 is 0. The van der Waals surface area contributed by atoms with Gasteiger partial charge in [0, 0.05) is 30.3 Å². The molecule has 0 radical (unpaired) electrons. The quantitative estimate of drug-likeness (QED) is 0.707. The van der Waals surface area contributed by atoms with Crippen LogP contribution in [0.15, 0.2) is 48.5 Å². The molecule has 0 aromatic heterocycles. The summed E-state index contributed by atoms with van der Waals surface area (Å²) < 4.78 is 13.2. The van der Waals surface area contributed by atoms with Crippen LogP contribution >= 0.6 is 12.4 Å². The van der Waals surface area contributed by atoms with Crippen molar-refractivity contribution in [1.82, 2.24) is 10.6 Å². The lowest BCUT2D eigenvalue weighted by Crippen LogP contribution is -2.31. The molecule has 1 aliphatic rings. The Bertz CT molecular complexity index is 794. The van der Waals surface area contributed by atoms with Crippen LogP contribution in [0.3, 0.4) is 0 Å². The molecule has 1 heterocycles. The Morgan fingerprint density at radius 1 is 1.15 bits per heavy atom. The van der Waals surface area contributed by atoms with E-state index in [2.05, 4.69) is 16.0 Å². The van der Waals surface area contributed by atoms with E-state index < -0.39 is 5.82 Å². The first kappa shape index (κ1) is 20.9. The Morgan fingerprint density at radius 3 is 2.70 bits per heavy atom. The topological polar surface area (TPSA) is 70.2 Å². The molecule has 0 aliphatic carbocycles. The predicted octanol–water partition coefficient (Wildman–Crippen LogP) is 3.26. The standard InChI is InChI=1S/C20H22FN3O2.ClH/c21-16-6-2-5-15(11-16)20(26)24-18-7-1-4-14(10-18)13-23-19(25)12-17-8-3-9-22-17;/h1-2,4-7,10-11,17,22H,3,8-9,12-13H2,(H,23,25)(H,24,26);1H. The molecule has 2 aromatic rings. The first-order valence-corrected chi connectivity index (χ1v) is 8.76. The van der Waals surface area contributed by atoms with E-state index >= 15 is 0 Å². The Kier molecular flexibility index (Phi) is 7.76. The number of carbonyl (C=O) groups is 2. The van der Waals surface area contributed by atoms with Crippen LogP contribution in [0.5, 0.6) is 0 Å². The number of amides is 2. The molecule has 2 aromatic carbocycles. The number of rotatable bonds is 6. The molecule has 144 valence electrons. The van der Waals surface area contributed by atoms with Crippen LogP contribution in [-0.2, 0) is 11.3 Å². The van der Waals surface area contributed by atoms with Gasteiger partial charge in [-0.15, -0.1) is 12.4 Å². The summed E-state index contributed by atoms with van der Waals surface area (Å²) in [5.74, 6) is -0.817. The molecule has 1 atom stereocenters. The van der Waals surface area contributed by atoms with Crippen LogP contribution in [-0.4, -0.2) is 24.4 Å². The lowest BCUT2D eigenvalue weighted by atomic mass is 10.1. The molecule has 0 bridgehead atoms. The van der Waals surface area contributed by atoms with Gasteiger partial charge in [0.2, 0.25) is 5.91 Å². The second-order valence-corrected chi connectivity index (χ2v) is 6.44. The fourth-order valence-electron chi connectivity index (χ4n) is 3.02. The van der Waals surface area contributed by atoms with Gasteiger partial charge in [-0.05, 0) is 55.3 Å². The molecular weight excluding hydrogens is 369 g/mol. The molecule has 1 fully saturated rings. The first-order chi connectivity index (χ1) is 12.6. The lowest BCUT2D eigenvalue weighted by molar-refractivity contribution is -0.121. The van der Waals surface area contributed by atoms with Gasteiger partial charge in [-0.3, -0.25) is 9.59 Å². The summed E-state index contributed by atoms with van der Waals surface area (Å²) in [6.07, 6.45) is 2.63. The molecule has 3 N–H and O–H groups in total. The van der Waals surface area contributed by atoms with Crippen LogP contribution in [0.1, 0.15) is 35.2 Å². The highest BCUT2D eigenvalue weighted by Gasteiger charge is 2.17. The molecular formula is C20H23ClFN3O2. The van der Waals surface area contributed by atoms with Crippen molar-refractivity contribution in [1.29, 1.82) is 0 Å². The maximum atomic E-state index is 13.2. The predicted molar refractivity (Wildman–Crippen MR) is 106 cm³/mol. The fourth-order valence-corrected chi connectivity index (χ4v) is 3.02. The molecule has 27 heavy (non-hydrogen) atoms. The summed E-state index contributed by atoms with van der Waals surface area (Å²) in [5.41, 5.74) is 1.74. The largest absolute Gasteiger partial charge is 0.352 e. The fraction of sp³-hybridized carbons (Fsp3) is 0.300. The van der Waals surface area contributed by atoms with Gasteiger partial charge in [0.15, 0.2) is 0 Å². The zero-order valence-corrected chi connectivity index (χ0v) is 15.7. The Morgan fingerprint density at radius 2 is 1.96 bits per heavy atom. The van der Waals surface area contributed by atoms with E-state index in [1.807, 2.05) is 6.07 Å². The first-order valence-electron chi connectivity index (χ1n) is 8.76. The molecule has 1 unspecified atom stereocenters. The van der Waals surface area contributed by atoms with Crippen LogP contribution in [0.4, 0.5) is 10.1 Å². The Balaban J connectivity index is 0.00000261. The number of nitrogens with one attached hydrogen (secondary N) is 3. The van der Waals surface area contributed by atoms with Gasteiger partial charge in [0.1, 0.15) is 5.82 Å². The summed E-state index contributed by atoms with van der Waals surface area (Å²) in [6.45, 7) is 1.38. The highest BCUT2D eigenvalue weighted by molar-refractivity contribution is 6.04. The third kappa shape index (κ3) is 6.34. The molecule has 0 saturated carbocycles. The van der Waals surface area contributed by atoms with Crippen molar-refractivity contribution in [3.8, 4) is 0 Å². The number of hydrogen-bond donors (Lipinski definition) is 3. The second-order valence-electron chi connectivity index (χ2n) is 6.44. The number of carbonyl (C=O) groups excluding carboxylic acids is 2. The Hall–Kier alpha value is -2.44. The molecule has 5 nitrogen and oxygen atoms in total. The van der Waals surface area contributed by atoms with Gasteiger partial charge in [-0.2, -0.15) is 0 Å². The van der Waals surface area contributed by atoms with Crippen LogP contribution < -0.4 is 16.0 Å². The molecule has 3 rings (SSSR count). The maximum absolute atomic E-state index is 13.2. The SMILES string of the molecule is Cl.O=C(CC1CCCN1)NCc1cccc(NC(=O)c2cccc(F)c2)c1. The van der Waals surface area contributed by atoms with E-state index in [4.69, 9.17) is 0 Å². The monoisotopic (exact) mass is 391 g/mol. The molecule has 2 amide bonds. The molecule has 7 heteroatoms. The van der Waals surface area contributed by atoms with E-state index in [1.165, 1.54) is 18.2 Å². The number of benzene rings is 2. The van der Waals surface area contributed by atoms with Gasteiger partial charge < -0.3 is 16.0 Å². The third-order valence-corrected chi connectivity index (χ3v) is 4.36. The van der Waals surface area contributed by atoms with Gasteiger partial charge in [0.05, 0.1) is 0 Å². The highest BCUT2D eigenvalue weighted by Crippen LogP contribution is 2.14. The summed E-state index contributed by atoms with van der Waals surface area (Å²) in [4.78, 5) is 24.2. The van der Waals surface area contributed by atoms with E-state index in [-0.39, 0.29) is 35.8 Å². The smallest absolute Gasteiger partial charge is 0.255 e. The van der Waals surface area contributed by atoms with E-state index in [0.717, 1.165) is 24.9 Å². The summed E-state index contributed by atoms with van der Waals surface area (Å²) in [6, 6.07) is 13.0. The molecule has 1 aliphatic heterocycles. The van der Waals surface area contributed by atoms with E-state index in [0.29, 0.717) is 18.7 Å². The Labute approximate surface area is 164 Å². The highest BCUT2D eigenvalue weighted by atomic mass is 35.5. The maximum Gasteiger partial charge on any atom is 0.255 e. The molecule has 0 spiro atoms. The lowest BCUT2D eigenvalue weighted by Gasteiger charge is -2.11. The third-order valence-electron chi connectivity index (χ3n) is 4.36. The average molecular weight is 392 g/mol. The van der Waals surface area contributed by atoms with Gasteiger partial charge in [-0.25, -0.2) is 4.39 Å². The number of halogens is 2. The van der Waals surface area contributed by atoms with Crippen molar-refractivity contribution in [2.24, 2.45) is 0 Å². The minimum absolute atomic E-state index is 0. The normalized spacial score (nSPS) is 15.7. The van der Waals surface area contributed by atoms with E-state index in [1.54, 1.807) is 24.3 Å². The van der Waals surface area contributed by atoms with Crippen LogP contribution in [0.25, 0.3) is 0 Å². The van der Waals surface area contributed by atoms with Gasteiger partial charge >= 0.3 is 0 Å². The minimum atomic E-state index is -0.453. The van der Waals surface area contributed by atoms with Crippen molar-refractivity contribution in [2.75, 3.05) is 11.9 Å². The average Bonchev–Trinajstić information content (AvgIpc) is 3.13. The van der Waals surface area contributed by atoms with Crippen LogP contribution in [0.2, 0.25) is 0 Å². The van der Waals surface area contributed by atoms with Crippen molar-refractivity contribution in [2.45, 2.75) is 31.8 Å². The van der Waals surface area contributed by atoms with Gasteiger partial charge in [0.25, 0.3) is 5.91 Å². The van der Waals surface area contributed by atoms with Crippen molar-refractivity contribution >= 4 is 29.9 Å². The van der Waals surface area contributed by atoms with Crippen molar-refractivity contribution in [3.05, 3.63) is 65.5 Å². The summed E-state index contributed by atoms with van der Waals surface area (Å²) in [5, 5.41) is 8.95. The van der Waals surface area contributed by atoms with Crippen molar-refractivity contribution in [3.63, 3.8) is 0 Å². The number of hydrogen-bond acceptors (Lipinski definition) is 3. The van der Waals surface area contributed by atoms with Crippen LogP contribution in [0, 0.1) is 5.82 Å². The zero-order chi connectivity index (χ0) is 18.4. The number of anilines is 1. The summed E-state index contributed by atoms with van der Waals surface area (Å²) in [7, 11) is 0. The zero-order valence-electron chi connectivity index (χ0n) is 14.8. The second kappa shape index (κ2) is 10.0. The van der Waals surface area contributed by atoms with Crippen molar-refractivity contribution < 1.29 is 14.0 Å². The van der Waals surface area contributed by atoms with E-state index in [9.17, 15) is 14.0 Å².